The Bertz CT molecular complexity index is 696. The molecule has 2 aromatic rings. The van der Waals surface area contributed by atoms with Crippen molar-refractivity contribution < 1.29 is 15.3 Å². The highest BCUT2D eigenvalue weighted by atomic mass is 16.3. The Morgan fingerprint density at radius 3 is 2.04 bits per heavy atom. The molecule has 5 heteroatoms. The molecule has 0 unspecified atom stereocenters. The van der Waals surface area contributed by atoms with Gasteiger partial charge in [-0.3, -0.25) is 9.98 Å². The van der Waals surface area contributed by atoms with Gasteiger partial charge in [-0.25, -0.2) is 0 Å². The minimum atomic E-state index is 0.0961. The predicted octanol–water partition coefficient (Wildman–Crippen LogP) is 3.12. The molecule has 0 heterocycles. The molecule has 2 aromatic carbocycles. The minimum Gasteiger partial charge on any atom is -0.508 e. The molecule has 2 rings (SSSR count). The summed E-state index contributed by atoms with van der Waals surface area (Å²) in [5.74, 6) is 0.424. The van der Waals surface area contributed by atoms with Crippen molar-refractivity contribution in [2.24, 2.45) is 9.98 Å². The summed E-state index contributed by atoms with van der Waals surface area (Å²) in [5.41, 5.74) is 1.22. The summed E-state index contributed by atoms with van der Waals surface area (Å²) in [6.07, 6.45) is 4.98. The van der Waals surface area contributed by atoms with Gasteiger partial charge in [-0.15, -0.1) is 0 Å². The highest BCUT2D eigenvalue weighted by Crippen LogP contribution is 2.20. The normalized spacial score (nSPS) is 11.5. The van der Waals surface area contributed by atoms with Crippen LogP contribution in [0.4, 0.5) is 0 Å². The molecule has 0 aromatic heterocycles. The fraction of sp³-hybridized carbons (Fsp3) is 0.222. The first-order valence-corrected chi connectivity index (χ1v) is 7.46. The quantitative estimate of drug-likeness (QED) is 0.417. The van der Waals surface area contributed by atoms with Crippen molar-refractivity contribution in [2.45, 2.75) is 12.8 Å². The first-order chi connectivity index (χ1) is 11.2. The SMILES string of the molecule is Oc1ccc(O)c(C=NCCCCN=Cc2ccccc2O)c1. The topological polar surface area (TPSA) is 85.4 Å². The summed E-state index contributed by atoms with van der Waals surface area (Å²) in [7, 11) is 0. The zero-order chi connectivity index (χ0) is 16.5. The van der Waals surface area contributed by atoms with Gasteiger partial charge in [-0.2, -0.15) is 0 Å². The van der Waals surface area contributed by atoms with Crippen molar-refractivity contribution in [1.29, 1.82) is 0 Å². The third kappa shape index (κ3) is 5.47. The lowest BCUT2D eigenvalue weighted by Crippen LogP contribution is -1.89. The predicted molar refractivity (Wildman–Crippen MR) is 92.0 cm³/mol. The summed E-state index contributed by atoms with van der Waals surface area (Å²) in [6.45, 7) is 1.29. The van der Waals surface area contributed by atoms with Crippen molar-refractivity contribution in [3.8, 4) is 17.2 Å². The van der Waals surface area contributed by atoms with Crippen LogP contribution < -0.4 is 0 Å². The molecular weight excluding hydrogens is 292 g/mol. The maximum Gasteiger partial charge on any atom is 0.124 e. The lowest BCUT2D eigenvalue weighted by molar-refractivity contribution is 0.459. The molecule has 3 N–H and O–H groups in total. The van der Waals surface area contributed by atoms with E-state index in [1.807, 2.05) is 12.1 Å². The van der Waals surface area contributed by atoms with Crippen molar-refractivity contribution in [3.05, 3.63) is 53.6 Å². The molecule has 23 heavy (non-hydrogen) atoms. The van der Waals surface area contributed by atoms with Crippen molar-refractivity contribution in [2.75, 3.05) is 13.1 Å². The number of hydrogen-bond acceptors (Lipinski definition) is 5. The Kier molecular flexibility index (Phi) is 6.17. The van der Waals surface area contributed by atoms with Gasteiger partial charge < -0.3 is 15.3 Å². The van der Waals surface area contributed by atoms with Crippen LogP contribution in [0.1, 0.15) is 24.0 Å². The van der Waals surface area contributed by atoms with E-state index in [1.54, 1.807) is 24.6 Å². The van der Waals surface area contributed by atoms with Crippen molar-refractivity contribution in [1.82, 2.24) is 0 Å². The van der Waals surface area contributed by atoms with Gasteiger partial charge >= 0.3 is 0 Å². The van der Waals surface area contributed by atoms with E-state index in [2.05, 4.69) is 9.98 Å². The summed E-state index contributed by atoms with van der Waals surface area (Å²) in [4.78, 5) is 8.50. The van der Waals surface area contributed by atoms with E-state index >= 15 is 0 Å². The second-order valence-corrected chi connectivity index (χ2v) is 5.08. The van der Waals surface area contributed by atoms with Gasteiger partial charge in [-0.05, 0) is 43.2 Å². The molecule has 5 nitrogen and oxygen atoms in total. The molecule has 0 amide bonds. The molecule has 0 saturated heterocycles. The molecule has 0 aliphatic carbocycles. The smallest absolute Gasteiger partial charge is 0.124 e. The summed E-state index contributed by atoms with van der Waals surface area (Å²) >= 11 is 0. The molecule has 0 fully saturated rings. The standard InChI is InChI=1S/C18H20N2O3/c21-16-7-8-18(23)15(11-16)13-20-10-4-3-9-19-12-14-5-1-2-6-17(14)22/h1-2,5-8,11-13,21-23H,3-4,9-10H2. The van der Waals surface area contributed by atoms with Gasteiger partial charge in [0.25, 0.3) is 0 Å². The van der Waals surface area contributed by atoms with Gasteiger partial charge in [0.2, 0.25) is 0 Å². The maximum atomic E-state index is 9.60. The molecular formula is C18H20N2O3. The van der Waals surface area contributed by atoms with E-state index in [-0.39, 0.29) is 17.2 Å². The van der Waals surface area contributed by atoms with Crippen LogP contribution in [0.25, 0.3) is 0 Å². The van der Waals surface area contributed by atoms with Gasteiger partial charge in [0.1, 0.15) is 17.2 Å². The number of unbranched alkanes of at least 4 members (excludes halogenated alkanes) is 1. The number of benzene rings is 2. The number of phenolic OH excluding ortho intramolecular Hbond substituents is 3. The molecule has 0 bridgehead atoms. The summed E-state index contributed by atoms with van der Waals surface area (Å²) < 4.78 is 0. The van der Waals surface area contributed by atoms with E-state index in [4.69, 9.17) is 0 Å². The van der Waals surface area contributed by atoms with Crippen LogP contribution in [0.2, 0.25) is 0 Å². The monoisotopic (exact) mass is 312 g/mol. The average Bonchev–Trinajstić information content (AvgIpc) is 2.54. The van der Waals surface area contributed by atoms with Gasteiger partial charge in [0.15, 0.2) is 0 Å². The first-order valence-electron chi connectivity index (χ1n) is 7.46. The highest BCUT2D eigenvalue weighted by molar-refractivity contribution is 5.84. The fourth-order valence-electron chi connectivity index (χ4n) is 1.97. The van der Waals surface area contributed by atoms with Crippen LogP contribution >= 0.6 is 0 Å². The lowest BCUT2D eigenvalue weighted by Gasteiger charge is -1.99. The minimum absolute atomic E-state index is 0.0961. The Labute approximate surface area is 135 Å². The lowest BCUT2D eigenvalue weighted by atomic mass is 10.2. The van der Waals surface area contributed by atoms with E-state index in [9.17, 15) is 15.3 Å². The summed E-state index contributed by atoms with van der Waals surface area (Å²) in [5, 5.41) is 28.5. The van der Waals surface area contributed by atoms with Gasteiger partial charge in [0.05, 0.1) is 0 Å². The van der Waals surface area contributed by atoms with Crippen LogP contribution in [-0.4, -0.2) is 40.8 Å². The number of aliphatic imine (C=N–C) groups is 2. The van der Waals surface area contributed by atoms with Crippen molar-refractivity contribution in [3.63, 3.8) is 0 Å². The Hall–Kier alpha value is -2.82. The number of aromatic hydroxyl groups is 3. The molecule has 0 aliphatic rings. The third-order valence-corrected chi connectivity index (χ3v) is 3.23. The number of para-hydroxylation sites is 1. The second kappa shape index (κ2) is 8.58. The van der Waals surface area contributed by atoms with E-state index in [1.165, 1.54) is 18.2 Å². The van der Waals surface area contributed by atoms with Crippen LogP contribution in [0.15, 0.2) is 52.4 Å². The molecule has 0 spiro atoms. The number of phenols is 3. The molecule has 0 saturated carbocycles. The number of nitrogens with zero attached hydrogens (tertiary/aromatic N) is 2. The molecule has 0 atom stereocenters. The summed E-state index contributed by atoms with van der Waals surface area (Å²) in [6, 6.07) is 11.4. The number of rotatable bonds is 7. The molecule has 0 radical (unpaired) electrons. The van der Waals surface area contributed by atoms with Crippen LogP contribution in [0.5, 0.6) is 17.2 Å². The molecule has 120 valence electrons. The van der Waals surface area contributed by atoms with Crippen LogP contribution in [0.3, 0.4) is 0 Å². The Morgan fingerprint density at radius 1 is 0.739 bits per heavy atom. The van der Waals surface area contributed by atoms with E-state index < -0.39 is 0 Å². The Morgan fingerprint density at radius 2 is 1.35 bits per heavy atom. The zero-order valence-corrected chi connectivity index (χ0v) is 12.8. The maximum absolute atomic E-state index is 9.60. The highest BCUT2D eigenvalue weighted by Gasteiger charge is 1.98. The zero-order valence-electron chi connectivity index (χ0n) is 12.8. The Balaban J connectivity index is 1.69. The van der Waals surface area contributed by atoms with Gasteiger partial charge in [0, 0.05) is 36.6 Å². The van der Waals surface area contributed by atoms with Gasteiger partial charge in [-0.1, -0.05) is 12.1 Å². The first kappa shape index (κ1) is 16.5. The van der Waals surface area contributed by atoms with E-state index in [0.29, 0.717) is 24.2 Å². The fourth-order valence-corrected chi connectivity index (χ4v) is 1.97. The van der Waals surface area contributed by atoms with Crippen LogP contribution in [-0.2, 0) is 0 Å². The number of hydrogen-bond donors (Lipinski definition) is 3. The van der Waals surface area contributed by atoms with Crippen LogP contribution in [0, 0.1) is 0 Å². The second-order valence-electron chi connectivity index (χ2n) is 5.08. The average molecular weight is 312 g/mol. The third-order valence-electron chi connectivity index (χ3n) is 3.23. The molecule has 0 aliphatic heterocycles. The largest absolute Gasteiger partial charge is 0.508 e. The van der Waals surface area contributed by atoms with Crippen molar-refractivity contribution >= 4 is 12.4 Å². The van der Waals surface area contributed by atoms with E-state index in [0.717, 1.165) is 12.8 Å².